The predicted octanol–water partition coefficient (Wildman–Crippen LogP) is 4.16. The maximum absolute atomic E-state index is 12.8. The quantitative estimate of drug-likeness (QED) is 0.719. The van der Waals surface area contributed by atoms with Crippen molar-refractivity contribution in [2.75, 3.05) is 10.6 Å². The lowest BCUT2D eigenvalue weighted by Crippen LogP contribution is -2.49. The normalized spacial score (nSPS) is 12.5. The Balaban J connectivity index is 2.30. The van der Waals surface area contributed by atoms with E-state index in [0.29, 0.717) is 23.7 Å². The molecule has 0 aliphatic rings. The van der Waals surface area contributed by atoms with Crippen LogP contribution in [0.2, 0.25) is 10.0 Å². The van der Waals surface area contributed by atoms with Gasteiger partial charge in [-0.2, -0.15) is 0 Å². The summed E-state index contributed by atoms with van der Waals surface area (Å²) in [7, 11) is -3.72. The maximum Gasteiger partial charge on any atom is 0.244 e. The average molecular weight is 429 g/mol. The SMILES string of the molecule is CC[C@H](C(=O)NCc1ccccc1C)N(c1ccc(Cl)c(Cl)c1)S(C)(=O)=O. The first-order chi connectivity index (χ1) is 12.6. The van der Waals surface area contributed by atoms with Crippen molar-refractivity contribution in [2.24, 2.45) is 0 Å². The Kier molecular flexibility index (Phi) is 7.14. The van der Waals surface area contributed by atoms with Crippen LogP contribution in [0.3, 0.4) is 0 Å². The molecule has 0 aliphatic carbocycles. The molecule has 0 saturated heterocycles. The van der Waals surface area contributed by atoms with Crippen molar-refractivity contribution < 1.29 is 13.2 Å². The van der Waals surface area contributed by atoms with Crippen LogP contribution in [0.5, 0.6) is 0 Å². The van der Waals surface area contributed by atoms with E-state index in [2.05, 4.69) is 5.32 Å². The van der Waals surface area contributed by atoms with Gasteiger partial charge >= 0.3 is 0 Å². The molecule has 0 aliphatic heterocycles. The summed E-state index contributed by atoms with van der Waals surface area (Å²) in [5.41, 5.74) is 2.32. The number of amides is 1. The number of carbonyl (C=O) groups excluding carboxylic acids is 1. The van der Waals surface area contributed by atoms with Gasteiger partial charge in [-0.3, -0.25) is 9.10 Å². The van der Waals surface area contributed by atoms with Crippen molar-refractivity contribution in [1.29, 1.82) is 0 Å². The third kappa shape index (κ3) is 5.37. The molecule has 0 saturated carbocycles. The highest BCUT2D eigenvalue weighted by molar-refractivity contribution is 7.92. The van der Waals surface area contributed by atoms with Gasteiger partial charge < -0.3 is 5.32 Å². The number of carbonyl (C=O) groups is 1. The standard InChI is InChI=1S/C19H22Cl2N2O3S/c1-4-18(19(24)22-12-14-8-6-5-7-13(14)2)23(27(3,25)26)15-9-10-16(20)17(21)11-15/h5-11,18H,4,12H2,1-3H3,(H,22,24)/t18-/m1/s1. The summed E-state index contributed by atoms with van der Waals surface area (Å²) in [6.07, 6.45) is 1.36. The van der Waals surface area contributed by atoms with Gasteiger partial charge in [0.15, 0.2) is 0 Å². The number of nitrogens with zero attached hydrogens (tertiary/aromatic N) is 1. The van der Waals surface area contributed by atoms with Crippen molar-refractivity contribution in [1.82, 2.24) is 5.32 Å². The first-order valence-electron chi connectivity index (χ1n) is 8.41. The number of halogens is 2. The minimum absolute atomic E-state index is 0.220. The molecule has 1 N–H and O–H groups in total. The van der Waals surface area contributed by atoms with Crippen LogP contribution in [-0.2, 0) is 21.4 Å². The van der Waals surface area contributed by atoms with Gasteiger partial charge in [0.25, 0.3) is 0 Å². The van der Waals surface area contributed by atoms with Crippen LogP contribution in [0.4, 0.5) is 5.69 Å². The van der Waals surface area contributed by atoms with E-state index in [1.807, 2.05) is 31.2 Å². The lowest BCUT2D eigenvalue weighted by atomic mass is 10.1. The molecule has 0 unspecified atom stereocenters. The molecular formula is C19H22Cl2N2O3S. The topological polar surface area (TPSA) is 66.5 Å². The molecule has 5 nitrogen and oxygen atoms in total. The van der Waals surface area contributed by atoms with Crippen LogP contribution in [0.25, 0.3) is 0 Å². The van der Waals surface area contributed by atoms with E-state index in [9.17, 15) is 13.2 Å². The summed E-state index contributed by atoms with van der Waals surface area (Å²) in [6.45, 7) is 4.03. The van der Waals surface area contributed by atoms with Crippen molar-refractivity contribution in [2.45, 2.75) is 32.9 Å². The highest BCUT2D eigenvalue weighted by Crippen LogP contribution is 2.30. The fourth-order valence-electron chi connectivity index (χ4n) is 2.79. The molecular weight excluding hydrogens is 407 g/mol. The molecule has 0 heterocycles. The highest BCUT2D eigenvalue weighted by Gasteiger charge is 2.31. The second-order valence-corrected chi connectivity index (χ2v) is 8.90. The van der Waals surface area contributed by atoms with Gasteiger partial charge in [0.2, 0.25) is 15.9 Å². The minimum Gasteiger partial charge on any atom is -0.350 e. The van der Waals surface area contributed by atoms with Crippen molar-refractivity contribution in [3.8, 4) is 0 Å². The summed E-state index contributed by atoms with van der Waals surface area (Å²) >= 11 is 12.0. The number of hydrogen-bond donors (Lipinski definition) is 1. The van der Waals surface area contributed by atoms with E-state index in [4.69, 9.17) is 23.2 Å². The van der Waals surface area contributed by atoms with Crippen LogP contribution < -0.4 is 9.62 Å². The van der Waals surface area contributed by atoms with Gasteiger partial charge in [-0.05, 0) is 42.7 Å². The summed E-state index contributed by atoms with van der Waals surface area (Å²) in [5, 5.41) is 3.37. The van der Waals surface area contributed by atoms with E-state index in [-0.39, 0.29) is 10.9 Å². The van der Waals surface area contributed by atoms with Crippen LogP contribution in [-0.4, -0.2) is 26.6 Å². The number of nitrogens with one attached hydrogen (secondary N) is 1. The van der Waals surface area contributed by atoms with Crippen LogP contribution >= 0.6 is 23.2 Å². The number of rotatable bonds is 7. The van der Waals surface area contributed by atoms with Crippen molar-refractivity contribution in [3.63, 3.8) is 0 Å². The summed E-state index contributed by atoms with van der Waals surface area (Å²) < 4.78 is 25.9. The molecule has 2 aromatic rings. The van der Waals surface area contributed by atoms with Gasteiger partial charge in [-0.25, -0.2) is 8.42 Å². The third-order valence-electron chi connectivity index (χ3n) is 4.20. The minimum atomic E-state index is -3.72. The molecule has 0 fully saturated rings. The maximum atomic E-state index is 12.8. The predicted molar refractivity (Wildman–Crippen MR) is 111 cm³/mol. The summed E-state index contributed by atoms with van der Waals surface area (Å²) in [5.74, 6) is -0.378. The van der Waals surface area contributed by atoms with Gasteiger partial charge in [-0.15, -0.1) is 0 Å². The van der Waals surface area contributed by atoms with Crippen LogP contribution in [0.15, 0.2) is 42.5 Å². The number of aryl methyl sites for hydroxylation is 1. The smallest absolute Gasteiger partial charge is 0.244 e. The Labute approximate surface area is 170 Å². The molecule has 8 heteroatoms. The zero-order chi connectivity index (χ0) is 20.2. The molecule has 0 bridgehead atoms. The van der Waals surface area contributed by atoms with E-state index < -0.39 is 16.1 Å². The van der Waals surface area contributed by atoms with E-state index in [1.54, 1.807) is 6.92 Å². The molecule has 2 aromatic carbocycles. The average Bonchev–Trinajstić information content (AvgIpc) is 2.60. The second kappa shape index (κ2) is 8.95. The molecule has 0 spiro atoms. The molecule has 1 amide bonds. The van der Waals surface area contributed by atoms with Gasteiger partial charge in [-0.1, -0.05) is 54.4 Å². The summed E-state index contributed by atoms with van der Waals surface area (Å²) in [4.78, 5) is 12.8. The van der Waals surface area contributed by atoms with Crippen LogP contribution in [0.1, 0.15) is 24.5 Å². The zero-order valence-electron chi connectivity index (χ0n) is 15.4. The lowest BCUT2D eigenvalue weighted by molar-refractivity contribution is -0.122. The molecule has 146 valence electrons. The Morgan fingerprint density at radius 1 is 1.15 bits per heavy atom. The Bertz CT molecular complexity index is 932. The van der Waals surface area contributed by atoms with E-state index >= 15 is 0 Å². The van der Waals surface area contributed by atoms with Gasteiger partial charge in [0.1, 0.15) is 6.04 Å². The third-order valence-corrected chi connectivity index (χ3v) is 6.12. The van der Waals surface area contributed by atoms with E-state index in [0.717, 1.165) is 21.7 Å². The zero-order valence-corrected chi connectivity index (χ0v) is 17.7. The fourth-order valence-corrected chi connectivity index (χ4v) is 4.29. The Hall–Kier alpha value is -1.76. The van der Waals surface area contributed by atoms with Gasteiger partial charge in [0, 0.05) is 6.54 Å². The molecule has 27 heavy (non-hydrogen) atoms. The number of anilines is 1. The largest absolute Gasteiger partial charge is 0.350 e. The van der Waals surface area contributed by atoms with Crippen LogP contribution in [0, 0.1) is 6.92 Å². The van der Waals surface area contributed by atoms with Crippen molar-refractivity contribution >= 4 is 44.8 Å². The Morgan fingerprint density at radius 3 is 2.37 bits per heavy atom. The number of benzene rings is 2. The van der Waals surface area contributed by atoms with Crippen molar-refractivity contribution in [3.05, 3.63) is 63.6 Å². The van der Waals surface area contributed by atoms with Gasteiger partial charge in [0.05, 0.1) is 22.0 Å². The Morgan fingerprint density at radius 2 is 1.81 bits per heavy atom. The first-order valence-corrected chi connectivity index (χ1v) is 11.0. The number of sulfonamides is 1. The summed E-state index contributed by atoms with van der Waals surface area (Å²) in [6, 6.07) is 11.3. The second-order valence-electron chi connectivity index (χ2n) is 6.23. The lowest BCUT2D eigenvalue weighted by Gasteiger charge is -2.30. The monoisotopic (exact) mass is 428 g/mol. The number of hydrogen-bond acceptors (Lipinski definition) is 3. The fraction of sp³-hybridized carbons (Fsp3) is 0.316. The first kappa shape index (κ1) is 21.5. The molecule has 0 radical (unpaired) electrons. The molecule has 0 aromatic heterocycles. The molecule has 1 atom stereocenters. The highest BCUT2D eigenvalue weighted by atomic mass is 35.5. The van der Waals surface area contributed by atoms with E-state index in [1.165, 1.54) is 18.2 Å². The molecule has 2 rings (SSSR count).